The number of hydrogen-bond acceptors (Lipinski definition) is 12. The van der Waals surface area contributed by atoms with Crippen LogP contribution in [0.25, 0.3) is 0 Å². The summed E-state index contributed by atoms with van der Waals surface area (Å²) in [5, 5.41) is 29.7. The molecule has 468 valence electrons. The number of aliphatic hydroxyl groups is 2. The van der Waals surface area contributed by atoms with Crippen molar-refractivity contribution in [2.75, 3.05) is 39.3 Å². The predicted octanol–water partition coefficient (Wildman–Crippen LogP) is 10.9. The van der Waals surface area contributed by atoms with E-state index in [1.807, 2.05) is 42.7 Å². The number of alkyl halides is 3. The SMILES string of the molecule is CC(C)(C)OC(=O)C[C@H]1CNC[C@H](F)C1.CC(C)(C)OC(=O)N[C@@H]1C[C@@H](F)CN([C@@H]2C[C@H](c3ccc(F)cc3)C[C@H]2O)C1.CC(C)(C)OC(=O)N[C@@H]1C[C@@H](F)CN([C@H]2C[C@@H](c3ccc(F)cc3)C[C@@H]2O)C1.Fc1ccc(C2C[C@@H]3O[C@@H]3C2)cc1. The van der Waals surface area contributed by atoms with Gasteiger partial charge in [0, 0.05) is 76.2 Å². The highest BCUT2D eigenvalue weighted by Gasteiger charge is 2.48. The molecular weight excluding hydrogens is 1100 g/mol. The first-order chi connectivity index (χ1) is 39.4. The lowest BCUT2D eigenvalue weighted by Crippen LogP contribution is -2.56. The number of nitrogens with one attached hydrogen (secondary N) is 3. The van der Waals surface area contributed by atoms with Crippen LogP contribution in [-0.4, -0.2) is 161 Å². The van der Waals surface area contributed by atoms with Crippen LogP contribution in [0.15, 0.2) is 72.8 Å². The number of fused-ring (bicyclic) bond motifs is 1. The topological polar surface area (TPSA) is 174 Å². The maximum Gasteiger partial charge on any atom is 0.407 e. The largest absolute Gasteiger partial charge is 0.460 e. The molecule has 3 aromatic carbocycles. The van der Waals surface area contributed by atoms with Crippen molar-refractivity contribution in [2.24, 2.45) is 5.92 Å². The van der Waals surface area contributed by atoms with E-state index >= 15 is 0 Å². The fourth-order valence-corrected chi connectivity index (χ4v) is 12.6. The van der Waals surface area contributed by atoms with Crippen molar-refractivity contribution in [3.05, 3.63) is 107 Å². The lowest BCUT2D eigenvalue weighted by atomic mass is 9.95. The number of halogens is 6. The number of carbonyl (C=O) groups excluding carboxylic acids is 3. The van der Waals surface area contributed by atoms with Crippen LogP contribution >= 0.6 is 0 Å². The van der Waals surface area contributed by atoms with Crippen molar-refractivity contribution in [2.45, 2.75) is 228 Å². The quantitative estimate of drug-likeness (QED) is 0.0595. The van der Waals surface area contributed by atoms with Gasteiger partial charge in [0.05, 0.1) is 24.4 Å². The van der Waals surface area contributed by atoms with E-state index in [9.17, 15) is 50.9 Å². The van der Waals surface area contributed by atoms with E-state index in [1.54, 1.807) is 77.9 Å². The van der Waals surface area contributed by atoms with E-state index in [2.05, 4.69) is 16.0 Å². The van der Waals surface area contributed by atoms with Crippen molar-refractivity contribution in [3.8, 4) is 0 Å². The highest BCUT2D eigenvalue weighted by molar-refractivity contribution is 5.70. The molecule has 15 atom stereocenters. The van der Waals surface area contributed by atoms with E-state index < -0.39 is 59.7 Å². The Bertz CT molecular complexity index is 2440. The average molecular weight is 1190 g/mol. The molecule has 20 heteroatoms. The van der Waals surface area contributed by atoms with Gasteiger partial charge in [0.2, 0.25) is 0 Å². The molecule has 4 heterocycles. The second kappa shape index (κ2) is 29.1. The summed E-state index contributed by atoms with van der Waals surface area (Å²) in [7, 11) is 0. The van der Waals surface area contributed by atoms with Crippen LogP contribution < -0.4 is 16.0 Å². The van der Waals surface area contributed by atoms with E-state index in [-0.39, 0.29) is 91.3 Å². The Morgan fingerprint density at radius 1 is 0.512 bits per heavy atom. The molecule has 4 aliphatic heterocycles. The van der Waals surface area contributed by atoms with E-state index in [4.69, 9.17) is 18.9 Å². The van der Waals surface area contributed by atoms with Gasteiger partial charge < -0.3 is 45.1 Å². The number of nitrogens with zero attached hydrogens (tertiary/aromatic N) is 2. The lowest BCUT2D eigenvalue weighted by Gasteiger charge is -2.39. The van der Waals surface area contributed by atoms with Crippen LogP contribution in [0.1, 0.15) is 161 Å². The Morgan fingerprint density at radius 2 is 0.881 bits per heavy atom. The molecule has 0 aromatic heterocycles. The molecule has 10 rings (SSSR count). The maximum absolute atomic E-state index is 14.4. The molecule has 5 N–H and O–H groups in total. The van der Waals surface area contributed by atoms with Crippen LogP contribution in [0.4, 0.5) is 35.9 Å². The first kappa shape index (κ1) is 66.5. The molecule has 84 heavy (non-hydrogen) atoms. The van der Waals surface area contributed by atoms with E-state index in [0.29, 0.717) is 82.8 Å². The monoisotopic (exact) mass is 1190 g/mol. The molecule has 0 spiro atoms. The van der Waals surface area contributed by atoms with Crippen molar-refractivity contribution >= 4 is 18.2 Å². The third-order valence-electron chi connectivity index (χ3n) is 16.2. The summed E-state index contributed by atoms with van der Waals surface area (Å²) in [6.07, 6.45) is 1.74. The molecule has 3 aliphatic carbocycles. The molecule has 3 aromatic rings. The summed E-state index contributed by atoms with van der Waals surface area (Å²) in [6, 6.07) is 18.5. The Balaban J connectivity index is 0.000000169. The van der Waals surface area contributed by atoms with Gasteiger partial charge in [0.25, 0.3) is 0 Å². The summed E-state index contributed by atoms with van der Waals surface area (Å²) in [6.45, 7) is 18.7. The number of aliphatic hydroxyl groups excluding tert-OH is 2. The number of carbonyl (C=O) groups is 3. The van der Waals surface area contributed by atoms with Crippen molar-refractivity contribution in [1.29, 1.82) is 0 Å². The van der Waals surface area contributed by atoms with Crippen LogP contribution in [0.3, 0.4) is 0 Å². The minimum absolute atomic E-state index is 0.0728. The first-order valence-corrected chi connectivity index (χ1v) is 30.0. The van der Waals surface area contributed by atoms with Gasteiger partial charge in [0.1, 0.15) is 52.8 Å². The smallest absolute Gasteiger partial charge is 0.407 e. The van der Waals surface area contributed by atoms with Gasteiger partial charge >= 0.3 is 18.2 Å². The van der Waals surface area contributed by atoms with Crippen LogP contribution in [0.5, 0.6) is 0 Å². The third-order valence-corrected chi connectivity index (χ3v) is 16.2. The first-order valence-electron chi connectivity index (χ1n) is 30.0. The zero-order valence-electron chi connectivity index (χ0n) is 50.3. The molecule has 4 saturated heterocycles. The normalized spacial score (nSPS) is 31.5. The molecule has 0 bridgehead atoms. The van der Waals surface area contributed by atoms with Gasteiger partial charge in [-0.05, 0) is 191 Å². The Kier molecular flexibility index (Phi) is 23.1. The minimum atomic E-state index is -1.08. The van der Waals surface area contributed by atoms with Gasteiger partial charge in [-0.15, -0.1) is 0 Å². The summed E-state index contributed by atoms with van der Waals surface area (Å²) in [4.78, 5) is 39.4. The van der Waals surface area contributed by atoms with Crippen molar-refractivity contribution in [1.82, 2.24) is 25.8 Å². The molecule has 2 amide bonds. The van der Waals surface area contributed by atoms with Gasteiger partial charge in [-0.2, -0.15) is 0 Å². The Hall–Kier alpha value is -4.99. The number of epoxide rings is 1. The molecular formula is C64H91F6N5O9. The van der Waals surface area contributed by atoms with Gasteiger partial charge in [-0.3, -0.25) is 14.6 Å². The summed E-state index contributed by atoms with van der Waals surface area (Å²) >= 11 is 0. The summed E-state index contributed by atoms with van der Waals surface area (Å²) in [5.74, 6) is -0.0624. The fourth-order valence-electron chi connectivity index (χ4n) is 12.6. The number of likely N-dealkylation sites (tertiary alicyclic amines) is 2. The molecule has 14 nitrogen and oxygen atoms in total. The second-order valence-corrected chi connectivity index (χ2v) is 27.0. The maximum atomic E-state index is 14.4. The molecule has 7 aliphatic rings. The fraction of sp³-hybridized carbons (Fsp3) is 0.672. The molecule has 0 radical (unpaired) electrons. The lowest BCUT2D eigenvalue weighted by molar-refractivity contribution is -0.156. The standard InChI is InChI=1S/2C21H30F2N2O3.C11H20FNO2.C11H11FO/c2*1-21(2,3)28-20(27)24-17-10-16(23)11-25(12-17)18-8-14(9-19(18)26)13-4-6-15(22)7-5-13;1-11(2,3)15-10(14)5-8-4-9(12)7-13-6-8;12-9-3-1-7(2-4-9)8-5-10-11(6-8)13-10/h2*4-7,14,16-19,26H,8-12H2,1-3H3,(H,24,27);8-9,13H,4-7H2,1-3H3;1-4,8,10-11H,5-6H2/t14-,16+,17+,18+,19+;14-,16-,17-,18+,19+;8-,9+;8?,10-,11+/m010./s1. The number of alkyl carbamates (subject to hydrolysis) is 2. The number of piperidine rings is 3. The number of rotatable bonds is 9. The number of amides is 2. The minimum Gasteiger partial charge on any atom is -0.460 e. The molecule has 1 unspecified atom stereocenters. The third kappa shape index (κ3) is 21.5. The van der Waals surface area contributed by atoms with E-state index in [1.165, 1.54) is 29.8 Å². The second-order valence-electron chi connectivity index (χ2n) is 27.0. The number of hydrogen-bond donors (Lipinski definition) is 5. The van der Waals surface area contributed by atoms with E-state index in [0.717, 1.165) is 24.0 Å². The molecule has 3 saturated carbocycles. The van der Waals surface area contributed by atoms with Crippen LogP contribution in [0, 0.1) is 23.4 Å². The number of ether oxygens (including phenoxy) is 4. The molecule has 7 fully saturated rings. The van der Waals surface area contributed by atoms with Crippen LogP contribution in [-0.2, 0) is 23.7 Å². The van der Waals surface area contributed by atoms with Crippen molar-refractivity contribution < 1.29 is 69.9 Å². The summed E-state index contributed by atoms with van der Waals surface area (Å²) < 4.78 is 102. The summed E-state index contributed by atoms with van der Waals surface area (Å²) in [5.41, 5.74) is 1.56. The predicted molar refractivity (Wildman–Crippen MR) is 308 cm³/mol. The highest BCUT2D eigenvalue weighted by atomic mass is 19.2. The van der Waals surface area contributed by atoms with Gasteiger partial charge in [-0.1, -0.05) is 36.4 Å². The number of benzene rings is 3. The average Bonchev–Trinajstić information content (AvgIpc) is 3.00. The Labute approximate surface area is 492 Å². The Morgan fingerprint density at radius 3 is 1.24 bits per heavy atom. The zero-order valence-corrected chi connectivity index (χ0v) is 50.3. The van der Waals surface area contributed by atoms with Gasteiger partial charge in [-0.25, -0.2) is 35.9 Å². The van der Waals surface area contributed by atoms with Gasteiger partial charge in [0.15, 0.2) is 0 Å². The zero-order chi connectivity index (χ0) is 61.3. The van der Waals surface area contributed by atoms with Crippen molar-refractivity contribution in [3.63, 3.8) is 0 Å². The van der Waals surface area contributed by atoms with Crippen LogP contribution in [0.2, 0.25) is 0 Å². The number of esters is 1. The highest BCUT2D eigenvalue weighted by Crippen LogP contribution is 2.47.